The minimum atomic E-state index is -0.738. The number of ether oxygens (including phenoxy) is 1. The Morgan fingerprint density at radius 3 is 2.67 bits per heavy atom. The van der Waals surface area contributed by atoms with Crippen molar-refractivity contribution in [1.82, 2.24) is 9.88 Å². The number of carbonyl (C=O) groups is 2. The third-order valence-corrected chi connectivity index (χ3v) is 4.66. The number of nitrogens with zero attached hydrogens (tertiary/aromatic N) is 2. The maximum Gasteiger partial charge on any atom is 0.357 e. The van der Waals surface area contributed by atoms with Gasteiger partial charge in [-0.15, -0.1) is 22.9 Å². The predicted molar refractivity (Wildman–Crippen MR) is 94.2 cm³/mol. The van der Waals surface area contributed by atoms with E-state index in [-0.39, 0.29) is 11.6 Å². The molecule has 0 saturated heterocycles. The van der Waals surface area contributed by atoms with Crippen molar-refractivity contribution in [2.45, 2.75) is 25.3 Å². The number of methoxy groups -OCH3 is 1. The van der Waals surface area contributed by atoms with E-state index in [0.717, 1.165) is 12.0 Å². The number of alkyl halides is 1. The second kappa shape index (κ2) is 8.80. The van der Waals surface area contributed by atoms with E-state index in [1.807, 2.05) is 37.3 Å². The summed E-state index contributed by atoms with van der Waals surface area (Å²) in [6, 6.07) is 9.25. The minimum Gasteiger partial charge on any atom is -0.464 e. The average Bonchev–Trinajstić information content (AvgIpc) is 3.08. The molecule has 1 atom stereocenters. The lowest BCUT2D eigenvalue weighted by Crippen LogP contribution is -2.33. The number of rotatable bonds is 7. The largest absolute Gasteiger partial charge is 0.464 e. The fourth-order valence-electron chi connectivity index (χ4n) is 2.21. The zero-order valence-electron chi connectivity index (χ0n) is 13.6. The molecular weight excluding hydrogens is 348 g/mol. The minimum absolute atomic E-state index is 0.167. The number of carbonyl (C=O) groups excluding carboxylic acids is 2. The molecule has 1 unspecified atom stereocenters. The van der Waals surface area contributed by atoms with Gasteiger partial charge < -0.3 is 9.64 Å². The van der Waals surface area contributed by atoms with Gasteiger partial charge >= 0.3 is 5.97 Å². The van der Waals surface area contributed by atoms with E-state index in [1.54, 1.807) is 10.3 Å². The molecule has 1 heterocycles. The van der Waals surface area contributed by atoms with Gasteiger partial charge in [0.2, 0.25) is 5.91 Å². The van der Waals surface area contributed by atoms with Crippen LogP contribution in [0.3, 0.4) is 0 Å². The first kappa shape index (κ1) is 18.4. The molecule has 0 radical (unpaired) electrons. The molecule has 0 N–H and O–H groups in total. The summed E-state index contributed by atoms with van der Waals surface area (Å²) < 4.78 is 4.65. The number of hydrogen-bond acceptors (Lipinski definition) is 5. The van der Waals surface area contributed by atoms with Crippen molar-refractivity contribution in [2.75, 3.05) is 13.7 Å². The summed E-state index contributed by atoms with van der Waals surface area (Å²) in [4.78, 5) is 30.1. The van der Waals surface area contributed by atoms with Gasteiger partial charge in [-0.25, -0.2) is 9.78 Å². The fraction of sp³-hybridized carbons (Fsp3) is 0.353. The summed E-state index contributed by atoms with van der Waals surface area (Å²) in [6.45, 7) is 2.89. The zero-order chi connectivity index (χ0) is 17.5. The quantitative estimate of drug-likeness (QED) is 0.554. The van der Waals surface area contributed by atoms with Crippen LogP contribution in [-0.2, 0) is 16.1 Å². The summed E-state index contributed by atoms with van der Waals surface area (Å²) >= 11 is 7.67. The van der Waals surface area contributed by atoms with Gasteiger partial charge in [-0.2, -0.15) is 0 Å². The van der Waals surface area contributed by atoms with Crippen LogP contribution in [0.25, 0.3) is 0 Å². The molecule has 2 rings (SSSR count). The number of benzene rings is 1. The number of esters is 1. The third-order valence-electron chi connectivity index (χ3n) is 3.39. The molecule has 5 nitrogen and oxygen atoms in total. The van der Waals surface area contributed by atoms with Crippen LogP contribution in [0.4, 0.5) is 0 Å². The van der Waals surface area contributed by atoms with Crippen LogP contribution in [0, 0.1) is 0 Å². The van der Waals surface area contributed by atoms with E-state index < -0.39 is 11.3 Å². The van der Waals surface area contributed by atoms with E-state index in [1.165, 1.54) is 18.4 Å². The van der Waals surface area contributed by atoms with Crippen LogP contribution in [-0.4, -0.2) is 35.4 Å². The molecule has 1 aromatic carbocycles. The zero-order valence-corrected chi connectivity index (χ0v) is 15.1. The van der Waals surface area contributed by atoms with Crippen molar-refractivity contribution in [2.24, 2.45) is 0 Å². The summed E-state index contributed by atoms with van der Waals surface area (Å²) in [6.07, 6.45) is 0.805. The highest BCUT2D eigenvalue weighted by atomic mass is 35.5. The molecule has 1 aromatic heterocycles. The molecule has 128 valence electrons. The van der Waals surface area contributed by atoms with Gasteiger partial charge in [-0.3, -0.25) is 4.79 Å². The Morgan fingerprint density at radius 1 is 1.33 bits per heavy atom. The van der Waals surface area contributed by atoms with Crippen LogP contribution in [0.2, 0.25) is 0 Å². The molecule has 1 amide bonds. The normalized spacial score (nSPS) is 11.8. The van der Waals surface area contributed by atoms with Crippen molar-refractivity contribution in [3.63, 3.8) is 0 Å². The predicted octanol–water partition coefficient (Wildman–Crippen LogP) is 3.65. The Bertz CT molecular complexity index is 690. The lowest BCUT2D eigenvalue weighted by molar-refractivity contribution is -0.131. The molecule has 0 bridgehead atoms. The molecule has 0 saturated carbocycles. The molecule has 0 aliphatic carbocycles. The number of halogens is 1. The van der Waals surface area contributed by atoms with Gasteiger partial charge in [0.25, 0.3) is 0 Å². The Kier molecular flexibility index (Phi) is 6.75. The second-order valence-corrected chi connectivity index (χ2v) is 6.53. The highest BCUT2D eigenvalue weighted by Gasteiger charge is 2.24. The summed E-state index contributed by atoms with van der Waals surface area (Å²) in [5.41, 5.74) is 1.02. The van der Waals surface area contributed by atoms with E-state index in [9.17, 15) is 9.59 Å². The van der Waals surface area contributed by atoms with Gasteiger partial charge in [0.1, 0.15) is 10.4 Å². The molecule has 0 aliphatic rings. The topological polar surface area (TPSA) is 59.5 Å². The van der Waals surface area contributed by atoms with Crippen LogP contribution < -0.4 is 0 Å². The standard InChI is InChI=1S/C17H19ClN2O3S/c1-3-9-20(10-14-19-13(11-24-14)17(22)23-2)16(21)15(18)12-7-5-4-6-8-12/h4-8,11,15H,3,9-10H2,1-2H3. The smallest absolute Gasteiger partial charge is 0.357 e. The Hall–Kier alpha value is -1.92. The number of thiazole rings is 1. The molecule has 0 aliphatic heterocycles. The Balaban J connectivity index is 2.12. The lowest BCUT2D eigenvalue weighted by Gasteiger charge is -2.23. The number of aromatic nitrogens is 1. The van der Waals surface area contributed by atoms with Crippen LogP contribution >= 0.6 is 22.9 Å². The molecule has 0 fully saturated rings. The van der Waals surface area contributed by atoms with E-state index in [4.69, 9.17) is 11.6 Å². The molecule has 24 heavy (non-hydrogen) atoms. The summed E-state index contributed by atoms with van der Waals surface area (Å²) in [5, 5.41) is 1.57. The Morgan fingerprint density at radius 2 is 2.04 bits per heavy atom. The number of hydrogen-bond donors (Lipinski definition) is 0. The van der Waals surface area contributed by atoms with Crippen LogP contribution in [0.15, 0.2) is 35.7 Å². The van der Waals surface area contributed by atoms with Crippen LogP contribution in [0.5, 0.6) is 0 Å². The van der Waals surface area contributed by atoms with Crippen molar-refractivity contribution >= 4 is 34.8 Å². The van der Waals surface area contributed by atoms with Gasteiger partial charge in [-0.1, -0.05) is 37.3 Å². The first-order valence-electron chi connectivity index (χ1n) is 7.57. The first-order chi connectivity index (χ1) is 11.6. The molecule has 7 heteroatoms. The molecular formula is C17H19ClN2O3S. The average molecular weight is 367 g/mol. The van der Waals surface area contributed by atoms with E-state index in [2.05, 4.69) is 9.72 Å². The van der Waals surface area contributed by atoms with Crippen molar-refractivity contribution in [3.05, 3.63) is 52.0 Å². The van der Waals surface area contributed by atoms with Gasteiger partial charge in [0, 0.05) is 11.9 Å². The molecule has 2 aromatic rings. The van der Waals surface area contributed by atoms with Crippen molar-refractivity contribution < 1.29 is 14.3 Å². The second-order valence-electron chi connectivity index (χ2n) is 5.15. The monoisotopic (exact) mass is 366 g/mol. The van der Waals surface area contributed by atoms with Gasteiger partial charge in [-0.05, 0) is 12.0 Å². The fourth-order valence-corrected chi connectivity index (χ4v) is 3.27. The Labute approximate surface area is 150 Å². The number of amides is 1. The maximum absolute atomic E-state index is 12.7. The molecule has 0 spiro atoms. The SMILES string of the molecule is CCCN(Cc1nc(C(=O)OC)cs1)C(=O)C(Cl)c1ccccc1. The van der Waals surface area contributed by atoms with Crippen molar-refractivity contribution in [3.8, 4) is 0 Å². The van der Waals surface area contributed by atoms with E-state index in [0.29, 0.717) is 18.1 Å². The summed E-state index contributed by atoms with van der Waals surface area (Å²) in [7, 11) is 1.31. The van der Waals surface area contributed by atoms with Gasteiger partial charge in [0.15, 0.2) is 5.69 Å². The first-order valence-corrected chi connectivity index (χ1v) is 8.89. The van der Waals surface area contributed by atoms with E-state index >= 15 is 0 Å². The highest BCUT2D eigenvalue weighted by Crippen LogP contribution is 2.24. The summed E-state index contributed by atoms with van der Waals surface area (Å²) in [5.74, 6) is -0.648. The highest BCUT2D eigenvalue weighted by molar-refractivity contribution is 7.09. The third kappa shape index (κ3) is 4.55. The lowest BCUT2D eigenvalue weighted by atomic mass is 10.1. The van der Waals surface area contributed by atoms with Gasteiger partial charge in [0.05, 0.1) is 13.7 Å². The van der Waals surface area contributed by atoms with Crippen molar-refractivity contribution in [1.29, 1.82) is 0 Å². The van der Waals surface area contributed by atoms with Crippen LogP contribution in [0.1, 0.15) is 39.8 Å². The maximum atomic E-state index is 12.7.